The Morgan fingerprint density at radius 2 is 1.93 bits per heavy atom. The van der Waals surface area contributed by atoms with E-state index in [9.17, 15) is 14.4 Å². The molecule has 8 heteroatoms. The molecule has 8 nitrogen and oxygen atoms in total. The van der Waals surface area contributed by atoms with E-state index in [4.69, 9.17) is 0 Å². The van der Waals surface area contributed by atoms with Crippen molar-refractivity contribution in [1.29, 1.82) is 0 Å². The Hall–Kier alpha value is -2.48. The molecule has 0 bridgehead atoms. The second kappa shape index (κ2) is 8.10. The third-order valence-corrected chi connectivity index (χ3v) is 5.99. The number of amides is 1. The largest absolute Gasteiger partial charge is 0.349 e. The first kappa shape index (κ1) is 19.8. The monoisotopic (exact) mass is 399 g/mol. The lowest BCUT2D eigenvalue weighted by atomic mass is 10.0. The number of aryl methyl sites for hydroxylation is 1. The Labute approximate surface area is 169 Å². The fraction of sp³-hybridized carbons (Fsp3) is 0.619. The molecule has 2 aromatic rings. The van der Waals surface area contributed by atoms with Crippen molar-refractivity contribution in [1.82, 2.24) is 24.8 Å². The second-order valence-electron chi connectivity index (χ2n) is 8.16. The first-order valence-corrected chi connectivity index (χ1v) is 10.7. The van der Waals surface area contributed by atoms with Gasteiger partial charge < -0.3 is 10.2 Å². The Bertz CT molecular complexity index is 1030. The first-order chi connectivity index (χ1) is 14.0. The van der Waals surface area contributed by atoms with Crippen LogP contribution in [0.1, 0.15) is 67.9 Å². The summed E-state index contributed by atoms with van der Waals surface area (Å²) in [5.74, 6) is 0.0583. The fourth-order valence-electron chi connectivity index (χ4n) is 4.23. The number of pyridine rings is 1. The fourth-order valence-corrected chi connectivity index (χ4v) is 4.23. The number of nitrogens with zero attached hydrogens (tertiary/aromatic N) is 3. The predicted molar refractivity (Wildman–Crippen MR) is 111 cm³/mol. The molecule has 29 heavy (non-hydrogen) atoms. The average molecular weight is 399 g/mol. The van der Waals surface area contributed by atoms with Crippen molar-refractivity contribution in [2.75, 3.05) is 19.6 Å². The molecule has 3 heterocycles. The molecule has 1 saturated heterocycles. The number of likely N-dealkylation sites (tertiary alicyclic amines) is 1. The van der Waals surface area contributed by atoms with Crippen molar-refractivity contribution in [3.63, 3.8) is 0 Å². The van der Waals surface area contributed by atoms with Crippen LogP contribution in [0.4, 0.5) is 0 Å². The van der Waals surface area contributed by atoms with E-state index in [0.29, 0.717) is 23.7 Å². The predicted octanol–water partition coefficient (Wildman–Crippen LogP) is 1.59. The zero-order chi connectivity index (χ0) is 20.5. The van der Waals surface area contributed by atoms with Crippen molar-refractivity contribution in [3.05, 3.63) is 38.2 Å². The van der Waals surface area contributed by atoms with E-state index in [0.717, 1.165) is 57.4 Å². The molecule has 2 aromatic heterocycles. The minimum atomic E-state index is -0.549. The standard InChI is InChI=1S/C21H29N5O3/c1-3-9-25-10-7-14(8-11-25)22-19(27)15-12-16(13-5-6-13)23-18-17(15)20(28)24-21(29)26(18)4-2/h12-14H,3-11H2,1-2H3,(H,22,27)(H,24,28,29). The number of fused-ring (bicyclic) bond motifs is 1. The van der Waals surface area contributed by atoms with Gasteiger partial charge in [0.25, 0.3) is 11.5 Å². The van der Waals surface area contributed by atoms with Gasteiger partial charge in [-0.2, -0.15) is 0 Å². The van der Waals surface area contributed by atoms with Gasteiger partial charge in [-0.15, -0.1) is 0 Å². The highest BCUT2D eigenvalue weighted by molar-refractivity contribution is 6.05. The summed E-state index contributed by atoms with van der Waals surface area (Å²) in [5, 5.41) is 3.33. The molecule has 1 aliphatic carbocycles. The van der Waals surface area contributed by atoms with Crippen LogP contribution >= 0.6 is 0 Å². The maximum atomic E-state index is 13.2. The van der Waals surface area contributed by atoms with Crippen molar-refractivity contribution >= 4 is 16.9 Å². The minimum Gasteiger partial charge on any atom is -0.349 e. The summed E-state index contributed by atoms with van der Waals surface area (Å²) in [6.07, 6.45) is 4.98. The van der Waals surface area contributed by atoms with Crippen LogP contribution in [-0.4, -0.2) is 51.0 Å². The normalized spacial score (nSPS) is 18.3. The molecule has 2 fully saturated rings. The van der Waals surface area contributed by atoms with Gasteiger partial charge in [-0.1, -0.05) is 6.92 Å². The number of aromatic nitrogens is 3. The van der Waals surface area contributed by atoms with Crippen LogP contribution in [0.2, 0.25) is 0 Å². The van der Waals surface area contributed by atoms with Crippen molar-refractivity contribution < 1.29 is 4.79 Å². The smallest absolute Gasteiger partial charge is 0.329 e. The van der Waals surface area contributed by atoms with Crippen LogP contribution < -0.4 is 16.6 Å². The summed E-state index contributed by atoms with van der Waals surface area (Å²) in [7, 11) is 0. The van der Waals surface area contributed by atoms with Crippen LogP contribution in [0.25, 0.3) is 11.0 Å². The second-order valence-corrected chi connectivity index (χ2v) is 8.16. The summed E-state index contributed by atoms with van der Waals surface area (Å²) >= 11 is 0. The number of hydrogen-bond acceptors (Lipinski definition) is 5. The highest BCUT2D eigenvalue weighted by Crippen LogP contribution is 2.39. The van der Waals surface area contributed by atoms with E-state index in [1.807, 2.05) is 6.92 Å². The quantitative estimate of drug-likeness (QED) is 0.768. The third-order valence-electron chi connectivity index (χ3n) is 5.99. The van der Waals surface area contributed by atoms with E-state index >= 15 is 0 Å². The summed E-state index contributed by atoms with van der Waals surface area (Å²) in [5.41, 5.74) is 0.407. The van der Waals surface area contributed by atoms with Gasteiger partial charge in [-0.3, -0.25) is 19.1 Å². The van der Waals surface area contributed by atoms with E-state index in [1.165, 1.54) is 4.57 Å². The molecule has 2 aliphatic rings. The lowest BCUT2D eigenvalue weighted by molar-refractivity contribution is 0.0912. The maximum absolute atomic E-state index is 13.2. The molecule has 4 rings (SSSR count). The molecular formula is C21H29N5O3. The van der Waals surface area contributed by atoms with E-state index < -0.39 is 11.2 Å². The molecule has 0 aromatic carbocycles. The molecule has 1 amide bonds. The number of aromatic amines is 1. The lowest BCUT2D eigenvalue weighted by Gasteiger charge is -2.32. The number of carbonyl (C=O) groups is 1. The summed E-state index contributed by atoms with van der Waals surface area (Å²) in [6.45, 7) is 7.41. The third kappa shape index (κ3) is 3.99. The number of hydrogen-bond donors (Lipinski definition) is 2. The Kier molecular flexibility index (Phi) is 5.54. The molecule has 0 unspecified atom stereocenters. The van der Waals surface area contributed by atoms with Crippen LogP contribution in [-0.2, 0) is 6.54 Å². The van der Waals surface area contributed by atoms with Crippen LogP contribution in [0.15, 0.2) is 15.7 Å². The van der Waals surface area contributed by atoms with Gasteiger partial charge in [0.2, 0.25) is 0 Å². The number of rotatable bonds is 6. The summed E-state index contributed by atoms with van der Waals surface area (Å²) in [4.78, 5) is 47.4. The van der Waals surface area contributed by atoms with Crippen molar-refractivity contribution in [2.45, 2.75) is 64.5 Å². The molecule has 156 valence electrons. The number of H-pyrrole nitrogens is 1. The maximum Gasteiger partial charge on any atom is 0.329 e. The summed E-state index contributed by atoms with van der Waals surface area (Å²) < 4.78 is 1.43. The SMILES string of the molecule is CCCN1CCC(NC(=O)c2cc(C3CC3)nc3c2c(=O)[nH]c(=O)n3CC)CC1. The molecule has 2 N–H and O–H groups in total. The molecule has 0 spiro atoms. The van der Waals surface area contributed by atoms with Gasteiger partial charge in [0, 0.05) is 37.3 Å². The molecule has 1 aliphatic heterocycles. The highest BCUT2D eigenvalue weighted by Gasteiger charge is 2.29. The van der Waals surface area contributed by atoms with E-state index in [2.05, 4.69) is 27.1 Å². The van der Waals surface area contributed by atoms with Gasteiger partial charge in [0.1, 0.15) is 0 Å². The van der Waals surface area contributed by atoms with Crippen molar-refractivity contribution in [3.8, 4) is 0 Å². The number of carbonyl (C=O) groups excluding carboxylic acids is 1. The Balaban J connectivity index is 1.68. The number of nitrogens with one attached hydrogen (secondary N) is 2. The zero-order valence-electron chi connectivity index (χ0n) is 17.2. The molecule has 0 radical (unpaired) electrons. The first-order valence-electron chi connectivity index (χ1n) is 10.7. The van der Waals surface area contributed by atoms with Gasteiger partial charge in [0.15, 0.2) is 5.65 Å². The Morgan fingerprint density at radius 1 is 1.21 bits per heavy atom. The van der Waals surface area contributed by atoms with Gasteiger partial charge in [0.05, 0.1) is 10.9 Å². The number of piperidine rings is 1. The summed E-state index contributed by atoms with van der Waals surface area (Å²) in [6, 6.07) is 1.85. The van der Waals surface area contributed by atoms with E-state index in [-0.39, 0.29) is 17.3 Å². The minimum absolute atomic E-state index is 0.0966. The van der Waals surface area contributed by atoms with Crippen molar-refractivity contribution in [2.24, 2.45) is 0 Å². The lowest BCUT2D eigenvalue weighted by Crippen LogP contribution is -2.45. The van der Waals surface area contributed by atoms with Gasteiger partial charge >= 0.3 is 5.69 Å². The van der Waals surface area contributed by atoms with Crippen LogP contribution in [0, 0.1) is 0 Å². The average Bonchev–Trinajstić information content (AvgIpc) is 3.54. The Morgan fingerprint density at radius 3 is 2.55 bits per heavy atom. The van der Waals surface area contributed by atoms with Gasteiger partial charge in [-0.05, 0) is 51.6 Å². The molecule has 0 atom stereocenters. The molecular weight excluding hydrogens is 370 g/mol. The highest BCUT2D eigenvalue weighted by atomic mass is 16.2. The van der Waals surface area contributed by atoms with Crippen LogP contribution in [0.5, 0.6) is 0 Å². The molecule has 1 saturated carbocycles. The van der Waals surface area contributed by atoms with E-state index in [1.54, 1.807) is 6.07 Å². The van der Waals surface area contributed by atoms with Crippen LogP contribution in [0.3, 0.4) is 0 Å². The topological polar surface area (TPSA) is 100 Å². The zero-order valence-corrected chi connectivity index (χ0v) is 17.2. The van der Waals surface area contributed by atoms with Gasteiger partial charge in [-0.25, -0.2) is 9.78 Å².